The molecule has 0 bridgehead atoms. The largest absolute Gasteiger partial charge is 0.497 e. The molecule has 0 radical (unpaired) electrons. The predicted octanol–water partition coefficient (Wildman–Crippen LogP) is 3.43. The number of fused-ring (bicyclic) bond motifs is 2. The zero-order valence-electron chi connectivity index (χ0n) is 15.0. The molecule has 5 rings (SSSR count). The molecule has 0 spiro atoms. The third kappa shape index (κ3) is 2.67. The Balaban J connectivity index is 1.40. The number of methoxy groups -OCH3 is 1. The average molecular weight is 368 g/mol. The van der Waals surface area contributed by atoms with Crippen molar-refractivity contribution in [2.24, 2.45) is 0 Å². The first-order valence-electron chi connectivity index (χ1n) is 9.17. The van der Waals surface area contributed by atoms with Crippen LogP contribution in [0.1, 0.15) is 35.2 Å². The predicted molar refractivity (Wildman–Crippen MR) is 95.2 cm³/mol. The smallest absolute Gasteiger partial charge is 0.242 e. The highest BCUT2D eigenvalue weighted by molar-refractivity contribution is 6.08. The van der Waals surface area contributed by atoms with Crippen LogP contribution in [0.15, 0.2) is 42.5 Å². The number of carbonyl (C=O) groups excluding carboxylic acids is 1. The lowest BCUT2D eigenvalue weighted by Crippen LogP contribution is -2.32. The van der Waals surface area contributed by atoms with Gasteiger partial charge in [-0.25, -0.2) is 0 Å². The second kappa shape index (κ2) is 6.25. The monoisotopic (exact) mass is 368 g/mol. The van der Waals surface area contributed by atoms with Crippen LogP contribution in [-0.4, -0.2) is 32.1 Å². The molecule has 140 valence electrons. The summed E-state index contributed by atoms with van der Waals surface area (Å²) in [5.74, 6) is 1.74. The normalized spacial score (nSPS) is 28.6. The molecule has 0 amide bonds. The first kappa shape index (κ1) is 16.6. The number of Topliss-reactive ketones (excluding diaryl/α,β-unsaturated/α-hetero) is 1. The van der Waals surface area contributed by atoms with Crippen LogP contribution in [0.5, 0.6) is 17.2 Å². The Kier molecular flexibility index (Phi) is 3.84. The molecule has 3 atom stereocenters. The van der Waals surface area contributed by atoms with Crippen LogP contribution in [-0.2, 0) is 15.1 Å². The van der Waals surface area contributed by atoms with Crippen LogP contribution in [0.25, 0.3) is 0 Å². The summed E-state index contributed by atoms with van der Waals surface area (Å²) in [4.78, 5) is 13.1. The SMILES string of the molecule is COc1ccc(C23OC2Oc2cc(OC4CCCCO4)ccc2C3=O)cc1. The number of hydrogen-bond acceptors (Lipinski definition) is 6. The molecule has 2 aromatic carbocycles. The third-order valence-corrected chi connectivity index (χ3v) is 5.26. The fraction of sp³-hybridized carbons (Fsp3) is 0.381. The van der Waals surface area contributed by atoms with Gasteiger partial charge in [0.05, 0.1) is 19.3 Å². The lowest BCUT2D eigenvalue weighted by atomic mass is 9.88. The van der Waals surface area contributed by atoms with Gasteiger partial charge in [-0.3, -0.25) is 4.79 Å². The molecule has 0 N–H and O–H groups in total. The number of benzene rings is 2. The van der Waals surface area contributed by atoms with Gasteiger partial charge >= 0.3 is 0 Å². The molecule has 6 nitrogen and oxygen atoms in total. The van der Waals surface area contributed by atoms with E-state index in [1.54, 1.807) is 25.3 Å². The van der Waals surface area contributed by atoms with Gasteiger partial charge in [-0.1, -0.05) is 12.1 Å². The van der Waals surface area contributed by atoms with Crippen molar-refractivity contribution in [3.8, 4) is 17.2 Å². The van der Waals surface area contributed by atoms with Crippen molar-refractivity contribution < 1.29 is 28.5 Å². The van der Waals surface area contributed by atoms with E-state index in [4.69, 9.17) is 23.7 Å². The van der Waals surface area contributed by atoms with Gasteiger partial charge in [0, 0.05) is 12.5 Å². The fourth-order valence-electron chi connectivity index (χ4n) is 3.71. The standard InChI is InChI=1S/C21H20O6/c1-23-14-7-5-13(6-8-14)21-19(22)16-10-9-15(12-17(16)26-20(21)27-21)25-18-4-2-3-11-24-18/h5-10,12,18,20H,2-4,11H2,1H3. The van der Waals surface area contributed by atoms with Gasteiger partial charge in [0.1, 0.15) is 17.2 Å². The molecule has 2 fully saturated rings. The number of carbonyl (C=O) groups is 1. The van der Waals surface area contributed by atoms with Crippen molar-refractivity contribution >= 4 is 5.78 Å². The number of ether oxygens (including phenoxy) is 5. The highest BCUT2D eigenvalue weighted by atomic mass is 16.8. The van der Waals surface area contributed by atoms with Crippen LogP contribution in [0.4, 0.5) is 0 Å². The van der Waals surface area contributed by atoms with Gasteiger partial charge in [0.25, 0.3) is 0 Å². The Morgan fingerprint density at radius 2 is 1.89 bits per heavy atom. The van der Waals surface area contributed by atoms with Crippen molar-refractivity contribution in [1.29, 1.82) is 0 Å². The summed E-state index contributed by atoms with van der Waals surface area (Å²) < 4.78 is 28.3. The summed E-state index contributed by atoms with van der Waals surface area (Å²) >= 11 is 0. The van der Waals surface area contributed by atoms with E-state index in [0.29, 0.717) is 23.7 Å². The number of hydrogen-bond donors (Lipinski definition) is 0. The van der Waals surface area contributed by atoms with E-state index in [9.17, 15) is 4.79 Å². The molecule has 0 aliphatic carbocycles. The second-order valence-corrected chi connectivity index (χ2v) is 6.93. The molecule has 2 aromatic rings. The Labute approximate surface area is 156 Å². The van der Waals surface area contributed by atoms with Gasteiger partial charge in [-0.05, 0) is 42.7 Å². The molecule has 3 heterocycles. The van der Waals surface area contributed by atoms with Gasteiger partial charge < -0.3 is 23.7 Å². The van der Waals surface area contributed by atoms with E-state index in [-0.39, 0.29) is 12.1 Å². The average Bonchev–Trinajstić information content (AvgIpc) is 3.44. The first-order valence-corrected chi connectivity index (χ1v) is 9.17. The minimum absolute atomic E-state index is 0.0978. The van der Waals surface area contributed by atoms with Crippen molar-refractivity contribution in [2.45, 2.75) is 37.4 Å². The van der Waals surface area contributed by atoms with E-state index in [1.165, 1.54) is 0 Å². The van der Waals surface area contributed by atoms with E-state index in [1.807, 2.05) is 24.3 Å². The second-order valence-electron chi connectivity index (χ2n) is 6.93. The molecule has 3 aliphatic rings. The Morgan fingerprint density at radius 3 is 2.63 bits per heavy atom. The van der Waals surface area contributed by atoms with E-state index in [2.05, 4.69) is 0 Å². The maximum atomic E-state index is 13.1. The number of rotatable bonds is 4. The van der Waals surface area contributed by atoms with Crippen LogP contribution in [0.2, 0.25) is 0 Å². The lowest BCUT2D eigenvalue weighted by Gasteiger charge is -2.25. The van der Waals surface area contributed by atoms with Crippen molar-refractivity contribution in [2.75, 3.05) is 13.7 Å². The molecule has 0 aromatic heterocycles. The molecule has 6 heteroatoms. The summed E-state index contributed by atoms with van der Waals surface area (Å²) in [5.41, 5.74) is 0.199. The quantitative estimate of drug-likeness (QED) is 0.771. The molecule has 3 unspecified atom stereocenters. The van der Waals surface area contributed by atoms with E-state index >= 15 is 0 Å². The molecule has 2 saturated heterocycles. The highest BCUT2D eigenvalue weighted by Gasteiger charge is 2.69. The lowest BCUT2D eigenvalue weighted by molar-refractivity contribution is -0.105. The number of ketones is 1. The Bertz CT molecular complexity index is 871. The highest BCUT2D eigenvalue weighted by Crippen LogP contribution is 2.54. The van der Waals surface area contributed by atoms with Gasteiger partial charge in [0.15, 0.2) is 6.29 Å². The minimum Gasteiger partial charge on any atom is -0.497 e. The summed E-state index contributed by atoms with van der Waals surface area (Å²) in [6, 6.07) is 12.6. The zero-order valence-corrected chi connectivity index (χ0v) is 15.0. The van der Waals surface area contributed by atoms with Crippen LogP contribution < -0.4 is 14.2 Å². The summed E-state index contributed by atoms with van der Waals surface area (Å²) in [6.07, 6.45) is 2.15. The first-order chi connectivity index (χ1) is 13.2. The minimum atomic E-state index is -1.06. The van der Waals surface area contributed by atoms with Gasteiger partial charge in [0.2, 0.25) is 17.7 Å². The third-order valence-electron chi connectivity index (χ3n) is 5.26. The van der Waals surface area contributed by atoms with Crippen molar-refractivity contribution in [3.05, 3.63) is 53.6 Å². The van der Waals surface area contributed by atoms with Crippen LogP contribution in [0.3, 0.4) is 0 Å². The summed E-state index contributed by atoms with van der Waals surface area (Å²) in [6.45, 7) is 0.713. The summed E-state index contributed by atoms with van der Waals surface area (Å²) in [7, 11) is 1.60. The molecule has 3 aliphatic heterocycles. The summed E-state index contributed by atoms with van der Waals surface area (Å²) in [5, 5.41) is 0. The van der Waals surface area contributed by atoms with E-state index < -0.39 is 11.9 Å². The molecular weight excluding hydrogens is 348 g/mol. The number of epoxide rings is 1. The molecular formula is C21H20O6. The Hall–Kier alpha value is -2.57. The van der Waals surface area contributed by atoms with Crippen LogP contribution in [0, 0.1) is 0 Å². The van der Waals surface area contributed by atoms with E-state index in [0.717, 1.165) is 30.6 Å². The van der Waals surface area contributed by atoms with Crippen molar-refractivity contribution in [1.82, 2.24) is 0 Å². The topological polar surface area (TPSA) is 66.5 Å². The van der Waals surface area contributed by atoms with Gasteiger partial charge in [-0.15, -0.1) is 0 Å². The van der Waals surface area contributed by atoms with Crippen LogP contribution >= 0.6 is 0 Å². The maximum Gasteiger partial charge on any atom is 0.242 e. The van der Waals surface area contributed by atoms with Gasteiger partial charge in [-0.2, -0.15) is 0 Å². The van der Waals surface area contributed by atoms with Crippen molar-refractivity contribution in [3.63, 3.8) is 0 Å². The fourth-order valence-corrected chi connectivity index (χ4v) is 3.71. The Morgan fingerprint density at radius 1 is 1.07 bits per heavy atom. The zero-order chi connectivity index (χ0) is 18.4. The maximum absolute atomic E-state index is 13.1. The molecule has 0 saturated carbocycles. The molecule has 27 heavy (non-hydrogen) atoms.